The monoisotopic (exact) mass is 650 g/mol. The Bertz CT molecular complexity index is 1820. The highest BCUT2D eigenvalue weighted by Gasteiger charge is 2.36. The molecule has 8 nitrogen and oxygen atoms in total. The largest absolute Gasteiger partial charge is 0.493 e. The lowest BCUT2D eigenvalue weighted by atomic mass is 9.83. The van der Waals surface area contributed by atoms with Crippen LogP contribution in [-0.2, 0) is 38.7 Å². The summed E-state index contributed by atoms with van der Waals surface area (Å²) in [5.41, 5.74) is 9.05. The fourth-order valence-corrected chi connectivity index (χ4v) is 7.93. The summed E-state index contributed by atoms with van der Waals surface area (Å²) < 4.78 is 31.6. The van der Waals surface area contributed by atoms with Crippen molar-refractivity contribution in [1.29, 1.82) is 0 Å². The second kappa shape index (κ2) is 13.3. The standard InChI is InChI=1S/C40H46N2O6/c1-7-29-30-15-17-42(3)33-19-25-10-13-34(44-4)36(20-25)47-28-11-8-24(9-12-28)18-32-31-22-35(27(23-43)21-26(31)14-16-41(32)2)48-39(37(30)33)40(46-6)38(29)45-5/h8-13,20-22,32-33,43H,7,14-19,23H2,1-6H3/t32-,33-/m0/s1. The maximum absolute atomic E-state index is 10.7. The number of benzene rings is 4. The second-order valence-corrected chi connectivity index (χ2v) is 13.2. The summed E-state index contributed by atoms with van der Waals surface area (Å²) in [7, 11) is 9.42. The number of rotatable bonds is 5. The third-order valence-electron chi connectivity index (χ3n) is 10.5. The lowest BCUT2D eigenvalue weighted by Crippen LogP contribution is -2.35. The third-order valence-corrected chi connectivity index (χ3v) is 10.5. The first kappa shape index (κ1) is 32.3. The Labute approximate surface area is 283 Å². The molecule has 6 bridgehead atoms. The molecule has 1 N–H and O–H groups in total. The van der Waals surface area contributed by atoms with Gasteiger partial charge in [-0.05, 0) is 110 Å². The first-order valence-electron chi connectivity index (χ1n) is 16.9. The van der Waals surface area contributed by atoms with Crippen LogP contribution >= 0.6 is 0 Å². The Hall–Kier alpha value is -4.24. The highest BCUT2D eigenvalue weighted by molar-refractivity contribution is 5.67. The zero-order chi connectivity index (χ0) is 33.5. The number of aliphatic hydroxyl groups excluding tert-OH is 1. The van der Waals surface area contributed by atoms with Gasteiger partial charge in [0.15, 0.2) is 23.0 Å². The van der Waals surface area contributed by atoms with Crippen molar-refractivity contribution in [3.8, 4) is 40.2 Å². The van der Waals surface area contributed by atoms with Crippen molar-refractivity contribution in [2.24, 2.45) is 0 Å². The summed E-state index contributed by atoms with van der Waals surface area (Å²) in [6.45, 7) is 3.86. The predicted molar refractivity (Wildman–Crippen MR) is 186 cm³/mol. The summed E-state index contributed by atoms with van der Waals surface area (Å²) in [6.07, 6.45) is 4.10. The van der Waals surface area contributed by atoms with E-state index in [1.54, 1.807) is 21.3 Å². The van der Waals surface area contributed by atoms with Crippen LogP contribution in [0.15, 0.2) is 54.6 Å². The van der Waals surface area contributed by atoms with Gasteiger partial charge in [0.1, 0.15) is 11.5 Å². The van der Waals surface area contributed by atoms with E-state index in [2.05, 4.69) is 67.2 Å². The molecule has 0 unspecified atom stereocenters. The molecule has 4 aliphatic rings. The van der Waals surface area contributed by atoms with Gasteiger partial charge in [-0.2, -0.15) is 0 Å². The first-order valence-corrected chi connectivity index (χ1v) is 16.9. The van der Waals surface area contributed by atoms with E-state index in [-0.39, 0.29) is 18.7 Å². The molecule has 4 aliphatic heterocycles. The topological polar surface area (TPSA) is 72.9 Å². The zero-order valence-electron chi connectivity index (χ0n) is 28.9. The maximum Gasteiger partial charge on any atom is 0.204 e. The Morgan fingerprint density at radius 1 is 0.771 bits per heavy atom. The Morgan fingerprint density at radius 2 is 1.48 bits per heavy atom. The van der Waals surface area contributed by atoms with Crippen molar-refractivity contribution in [2.75, 3.05) is 48.5 Å². The highest BCUT2D eigenvalue weighted by atomic mass is 16.5. The summed E-state index contributed by atoms with van der Waals surface area (Å²) >= 11 is 0. The average molecular weight is 651 g/mol. The number of hydrogen-bond donors (Lipinski definition) is 1. The van der Waals surface area contributed by atoms with Gasteiger partial charge in [-0.15, -0.1) is 0 Å². The van der Waals surface area contributed by atoms with Crippen LogP contribution in [0.3, 0.4) is 0 Å². The minimum atomic E-state index is -0.128. The minimum absolute atomic E-state index is 0.0256. The lowest BCUT2D eigenvalue weighted by Gasteiger charge is -2.38. The fourth-order valence-electron chi connectivity index (χ4n) is 7.93. The maximum atomic E-state index is 10.7. The molecule has 252 valence electrons. The van der Waals surface area contributed by atoms with Gasteiger partial charge < -0.3 is 28.8 Å². The van der Waals surface area contributed by atoms with E-state index in [0.717, 1.165) is 66.8 Å². The molecular formula is C40H46N2O6. The van der Waals surface area contributed by atoms with Crippen molar-refractivity contribution >= 4 is 0 Å². The molecule has 0 aromatic heterocycles. The fraction of sp³-hybridized carbons (Fsp3) is 0.400. The average Bonchev–Trinajstić information content (AvgIpc) is 3.10. The van der Waals surface area contributed by atoms with Gasteiger partial charge in [0.2, 0.25) is 5.75 Å². The molecule has 0 fully saturated rings. The molecule has 0 amide bonds. The molecule has 4 aromatic carbocycles. The smallest absolute Gasteiger partial charge is 0.204 e. The molecule has 8 heteroatoms. The molecule has 8 rings (SSSR count). The first-order chi connectivity index (χ1) is 23.4. The van der Waals surface area contributed by atoms with Crippen LogP contribution in [0.5, 0.6) is 40.2 Å². The summed E-state index contributed by atoms with van der Waals surface area (Å²) in [5.74, 6) is 4.72. The van der Waals surface area contributed by atoms with E-state index >= 15 is 0 Å². The highest BCUT2D eigenvalue weighted by Crippen LogP contribution is 2.53. The van der Waals surface area contributed by atoms with E-state index in [1.807, 2.05) is 18.2 Å². The van der Waals surface area contributed by atoms with Crippen molar-refractivity contribution < 1.29 is 28.8 Å². The van der Waals surface area contributed by atoms with Crippen molar-refractivity contribution in [1.82, 2.24) is 9.80 Å². The third kappa shape index (κ3) is 5.66. The van der Waals surface area contributed by atoms with Gasteiger partial charge >= 0.3 is 0 Å². The van der Waals surface area contributed by atoms with Gasteiger partial charge in [-0.1, -0.05) is 25.1 Å². The number of hydrogen-bond acceptors (Lipinski definition) is 8. The number of ether oxygens (including phenoxy) is 5. The molecule has 0 radical (unpaired) electrons. The van der Waals surface area contributed by atoms with E-state index in [4.69, 9.17) is 23.7 Å². The molecule has 0 aliphatic carbocycles. The van der Waals surface area contributed by atoms with Crippen molar-refractivity contribution in [3.63, 3.8) is 0 Å². The van der Waals surface area contributed by atoms with E-state index in [0.29, 0.717) is 40.9 Å². The summed E-state index contributed by atoms with van der Waals surface area (Å²) in [4.78, 5) is 4.81. The van der Waals surface area contributed by atoms with E-state index in [9.17, 15) is 5.11 Å². The van der Waals surface area contributed by atoms with Crippen LogP contribution in [0, 0.1) is 0 Å². The Balaban J connectivity index is 1.50. The lowest BCUT2D eigenvalue weighted by molar-refractivity contribution is 0.219. The van der Waals surface area contributed by atoms with Gasteiger partial charge in [-0.3, -0.25) is 9.80 Å². The Kier molecular flexibility index (Phi) is 8.98. The number of methoxy groups -OCH3 is 3. The zero-order valence-corrected chi connectivity index (χ0v) is 28.9. The second-order valence-electron chi connectivity index (χ2n) is 13.2. The number of fused-ring (bicyclic) bond motifs is 2. The van der Waals surface area contributed by atoms with Gasteiger partial charge in [0, 0.05) is 41.9 Å². The van der Waals surface area contributed by atoms with Crippen LogP contribution in [0.1, 0.15) is 63.5 Å². The van der Waals surface area contributed by atoms with Crippen LogP contribution in [0.25, 0.3) is 0 Å². The summed E-state index contributed by atoms with van der Waals surface area (Å²) in [6, 6.07) is 19.0. The molecule has 4 heterocycles. The number of likely N-dealkylation sites (N-methyl/N-ethyl adjacent to an activating group) is 2. The van der Waals surface area contributed by atoms with Gasteiger partial charge in [0.05, 0.1) is 27.9 Å². The molecule has 4 aromatic rings. The van der Waals surface area contributed by atoms with Gasteiger partial charge in [0.25, 0.3) is 0 Å². The normalized spacial score (nSPS) is 19.0. The van der Waals surface area contributed by atoms with Crippen molar-refractivity contribution in [2.45, 2.75) is 57.7 Å². The quantitative estimate of drug-likeness (QED) is 0.243. The van der Waals surface area contributed by atoms with Crippen molar-refractivity contribution in [3.05, 3.63) is 99.1 Å². The van der Waals surface area contributed by atoms with Crippen LogP contribution in [0.2, 0.25) is 0 Å². The minimum Gasteiger partial charge on any atom is -0.493 e. The van der Waals surface area contributed by atoms with Gasteiger partial charge in [-0.25, -0.2) is 0 Å². The number of nitrogens with zero attached hydrogens (tertiary/aromatic N) is 2. The molecule has 2 atom stereocenters. The van der Waals surface area contributed by atoms with Crippen LogP contribution < -0.4 is 23.7 Å². The number of aliphatic hydroxyl groups is 1. The van der Waals surface area contributed by atoms with E-state index in [1.165, 1.54) is 22.3 Å². The Morgan fingerprint density at radius 3 is 2.19 bits per heavy atom. The molecule has 0 saturated carbocycles. The SMILES string of the molecule is CCc1c2c3c(c(OC)c1OC)Oc1cc4c(cc1CO)CCN(C)[C@H]4Cc1ccc(cc1)Oc1cc(ccc1OC)C[C@@H]3N(C)CC2. The van der Waals surface area contributed by atoms with Crippen LogP contribution in [-0.4, -0.2) is 63.4 Å². The predicted octanol–water partition coefficient (Wildman–Crippen LogP) is 7.21. The molecule has 48 heavy (non-hydrogen) atoms. The van der Waals surface area contributed by atoms with Crippen LogP contribution in [0.4, 0.5) is 0 Å². The molecule has 0 spiro atoms. The molecular weight excluding hydrogens is 604 g/mol. The molecule has 0 saturated heterocycles. The summed E-state index contributed by atoms with van der Waals surface area (Å²) in [5, 5.41) is 10.7. The van der Waals surface area contributed by atoms with E-state index < -0.39 is 0 Å².